The molecule has 1 heterocycles. The molecule has 0 aliphatic carbocycles. The van der Waals surface area contributed by atoms with Gasteiger partial charge in [-0.05, 0) is 48.2 Å². The summed E-state index contributed by atoms with van der Waals surface area (Å²) in [5.41, 5.74) is 8.69. The SMILES string of the molecule is CCNC(=NCc1ccccc1Cn1cccn1)NCC(Cc1ccc(F)cc1)C(N)=O. The molecule has 0 saturated carbocycles. The van der Waals surface area contributed by atoms with Crippen molar-refractivity contribution >= 4 is 11.9 Å². The molecule has 3 rings (SSSR count). The molecule has 2 aromatic carbocycles. The third-order valence-electron chi connectivity index (χ3n) is 5.08. The van der Waals surface area contributed by atoms with Crippen LogP contribution in [0.1, 0.15) is 23.6 Å². The lowest BCUT2D eigenvalue weighted by Crippen LogP contribution is -2.43. The van der Waals surface area contributed by atoms with Gasteiger partial charge in [0.1, 0.15) is 5.82 Å². The van der Waals surface area contributed by atoms with Gasteiger partial charge in [0.25, 0.3) is 0 Å². The number of nitrogens with zero attached hydrogens (tertiary/aromatic N) is 3. The summed E-state index contributed by atoms with van der Waals surface area (Å²) < 4.78 is 15.0. The fourth-order valence-corrected chi connectivity index (χ4v) is 3.34. The molecular formula is C24H29FN6O. The number of aromatic nitrogens is 2. The highest BCUT2D eigenvalue weighted by Crippen LogP contribution is 2.12. The molecule has 0 fully saturated rings. The zero-order valence-corrected chi connectivity index (χ0v) is 18.2. The van der Waals surface area contributed by atoms with Crippen LogP contribution in [-0.2, 0) is 24.3 Å². The van der Waals surface area contributed by atoms with E-state index in [4.69, 9.17) is 5.73 Å². The first-order valence-electron chi connectivity index (χ1n) is 10.6. The molecule has 168 valence electrons. The summed E-state index contributed by atoms with van der Waals surface area (Å²) in [7, 11) is 0. The lowest BCUT2D eigenvalue weighted by Gasteiger charge is -2.17. The second kappa shape index (κ2) is 11.6. The van der Waals surface area contributed by atoms with E-state index >= 15 is 0 Å². The number of carbonyl (C=O) groups is 1. The van der Waals surface area contributed by atoms with Gasteiger partial charge >= 0.3 is 0 Å². The number of hydrogen-bond acceptors (Lipinski definition) is 3. The van der Waals surface area contributed by atoms with E-state index < -0.39 is 11.8 Å². The number of carbonyl (C=O) groups excluding carboxylic acids is 1. The summed E-state index contributed by atoms with van der Waals surface area (Å²) in [5, 5.41) is 10.7. The van der Waals surface area contributed by atoms with E-state index in [2.05, 4.69) is 26.8 Å². The molecule has 1 amide bonds. The number of nitrogens with two attached hydrogens (primary N) is 1. The van der Waals surface area contributed by atoms with E-state index in [0.717, 1.165) is 16.7 Å². The van der Waals surface area contributed by atoms with Crippen LogP contribution in [0.3, 0.4) is 0 Å². The first-order chi connectivity index (χ1) is 15.5. The van der Waals surface area contributed by atoms with Crippen molar-refractivity contribution in [3.63, 3.8) is 0 Å². The number of primary amides is 1. The van der Waals surface area contributed by atoms with Crippen molar-refractivity contribution in [3.8, 4) is 0 Å². The van der Waals surface area contributed by atoms with Crippen molar-refractivity contribution in [2.45, 2.75) is 26.4 Å². The van der Waals surface area contributed by atoms with Crippen LogP contribution in [0.5, 0.6) is 0 Å². The van der Waals surface area contributed by atoms with Crippen molar-refractivity contribution in [2.24, 2.45) is 16.6 Å². The van der Waals surface area contributed by atoms with Crippen LogP contribution in [0, 0.1) is 11.7 Å². The monoisotopic (exact) mass is 436 g/mol. The maximum absolute atomic E-state index is 13.1. The molecule has 0 saturated heterocycles. The van der Waals surface area contributed by atoms with Crippen LogP contribution in [-0.4, -0.2) is 34.7 Å². The van der Waals surface area contributed by atoms with Crippen LogP contribution < -0.4 is 16.4 Å². The Balaban J connectivity index is 1.65. The molecule has 0 spiro atoms. The van der Waals surface area contributed by atoms with Gasteiger partial charge in [-0.25, -0.2) is 9.38 Å². The number of aliphatic imine (C=N–C) groups is 1. The summed E-state index contributed by atoms with van der Waals surface area (Å²) in [6.07, 6.45) is 4.11. The fraction of sp³-hybridized carbons (Fsp3) is 0.292. The molecule has 4 N–H and O–H groups in total. The summed E-state index contributed by atoms with van der Waals surface area (Å²) >= 11 is 0. The standard InChI is InChI=1S/C24H29FN6O/c1-2-27-24(29-16-21(23(26)32)14-18-8-10-22(25)11-9-18)28-15-19-6-3-4-7-20(19)17-31-13-5-12-30-31/h3-13,21H,2,14-17H2,1H3,(H2,26,32)(H2,27,28,29). The number of rotatable bonds is 10. The average Bonchev–Trinajstić information content (AvgIpc) is 3.30. The number of amides is 1. The Morgan fingerprint density at radius 1 is 1.12 bits per heavy atom. The second-order valence-electron chi connectivity index (χ2n) is 7.48. The van der Waals surface area contributed by atoms with E-state index in [1.807, 2.05) is 42.1 Å². The zero-order valence-electron chi connectivity index (χ0n) is 18.2. The number of guanidine groups is 1. The first kappa shape index (κ1) is 23.0. The Hall–Kier alpha value is -3.68. The van der Waals surface area contributed by atoms with Gasteiger partial charge in [0.2, 0.25) is 5.91 Å². The van der Waals surface area contributed by atoms with Crippen molar-refractivity contribution < 1.29 is 9.18 Å². The Morgan fingerprint density at radius 3 is 2.53 bits per heavy atom. The summed E-state index contributed by atoms with van der Waals surface area (Å²) in [5.74, 6) is -0.567. The normalized spacial score (nSPS) is 12.4. The van der Waals surface area contributed by atoms with E-state index in [-0.39, 0.29) is 5.82 Å². The molecule has 1 atom stereocenters. The number of nitrogens with one attached hydrogen (secondary N) is 2. The minimum Gasteiger partial charge on any atom is -0.369 e. The highest BCUT2D eigenvalue weighted by Gasteiger charge is 2.17. The summed E-state index contributed by atoms with van der Waals surface area (Å²) in [6.45, 7) is 4.14. The summed E-state index contributed by atoms with van der Waals surface area (Å²) in [6, 6.07) is 16.1. The van der Waals surface area contributed by atoms with Crippen LogP contribution in [0.2, 0.25) is 0 Å². The van der Waals surface area contributed by atoms with Crippen LogP contribution >= 0.6 is 0 Å². The van der Waals surface area contributed by atoms with Crippen molar-refractivity contribution in [1.82, 2.24) is 20.4 Å². The van der Waals surface area contributed by atoms with E-state index in [0.29, 0.717) is 38.6 Å². The average molecular weight is 437 g/mol. The predicted octanol–water partition coefficient (Wildman–Crippen LogP) is 2.47. The van der Waals surface area contributed by atoms with E-state index in [1.54, 1.807) is 18.3 Å². The Kier molecular flexibility index (Phi) is 8.36. The highest BCUT2D eigenvalue weighted by molar-refractivity contribution is 5.81. The Bertz CT molecular complexity index is 1020. The number of benzene rings is 2. The number of hydrogen-bond donors (Lipinski definition) is 3. The molecule has 7 nitrogen and oxygen atoms in total. The predicted molar refractivity (Wildman–Crippen MR) is 123 cm³/mol. The topological polar surface area (TPSA) is 97.3 Å². The quantitative estimate of drug-likeness (QED) is 0.336. The largest absolute Gasteiger partial charge is 0.369 e. The molecule has 0 aliphatic rings. The maximum atomic E-state index is 13.1. The van der Waals surface area contributed by atoms with Gasteiger partial charge in [0.15, 0.2) is 5.96 Å². The molecule has 0 radical (unpaired) electrons. The summed E-state index contributed by atoms with van der Waals surface area (Å²) in [4.78, 5) is 16.6. The Labute approximate surface area is 187 Å². The van der Waals surface area contributed by atoms with Crippen LogP contribution in [0.15, 0.2) is 72.0 Å². The van der Waals surface area contributed by atoms with Gasteiger partial charge in [-0.1, -0.05) is 36.4 Å². The lowest BCUT2D eigenvalue weighted by atomic mass is 9.98. The van der Waals surface area contributed by atoms with E-state index in [9.17, 15) is 9.18 Å². The fourth-order valence-electron chi connectivity index (χ4n) is 3.34. The number of halogens is 1. The van der Waals surface area contributed by atoms with Gasteiger partial charge in [-0.3, -0.25) is 9.48 Å². The third kappa shape index (κ3) is 6.94. The van der Waals surface area contributed by atoms with Gasteiger partial charge in [-0.2, -0.15) is 5.10 Å². The smallest absolute Gasteiger partial charge is 0.222 e. The zero-order chi connectivity index (χ0) is 22.8. The molecule has 3 aromatic rings. The highest BCUT2D eigenvalue weighted by atomic mass is 19.1. The molecule has 1 unspecified atom stereocenters. The van der Waals surface area contributed by atoms with Crippen LogP contribution in [0.4, 0.5) is 4.39 Å². The maximum Gasteiger partial charge on any atom is 0.222 e. The van der Waals surface area contributed by atoms with Gasteiger partial charge in [0.05, 0.1) is 19.0 Å². The second-order valence-corrected chi connectivity index (χ2v) is 7.48. The molecule has 0 aliphatic heterocycles. The third-order valence-corrected chi connectivity index (χ3v) is 5.08. The molecule has 0 bridgehead atoms. The first-order valence-corrected chi connectivity index (χ1v) is 10.6. The molecular weight excluding hydrogens is 407 g/mol. The molecule has 32 heavy (non-hydrogen) atoms. The van der Waals surface area contributed by atoms with Crippen LogP contribution in [0.25, 0.3) is 0 Å². The Morgan fingerprint density at radius 2 is 1.88 bits per heavy atom. The lowest BCUT2D eigenvalue weighted by molar-refractivity contribution is -0.121. The van der Waals surface area contributed by atoms with Crippen molar-refractivity contribution in [2.75, 3.05) is 13.1 Å². The van der Waals surface area contributed by atoms with E-state index in [1.165, 1.54) is 12.1 Å². The van der Waals surface area contributed by atoms with Gasteiger partial charge in [-0.15, -0.1) is 0 Å². The molecule has 1 aromatic heterocycles. The minimum atomic E-state index is -0.448. The minimum absolute atomic E-state index is 0.308. The van der Waals surface area contributed by atoms with Crippen molar-refractivity contribution in [1.29, 1.82) is 0 Å². The van der Waals surface area contributed by atoms with Crippen molar-refractivity contribution in [3.05, 3.63) is 89.5 Å². The van der Waals surface area contributed by atoms with Gasteiger partial charge in [0, 0.05) is 25.5 Å². The van der Waals surface area contributed by atoms with Gasteiger partial charge < -0.3 is 16.4 Å². The molecule has 8 heteroatoms.